The van der Waals surface area contributed by atoms with Crippen molar-refractivity contribution in [1.29, 1.82) is 0 Å². The van der Waals surface area contributed by atoms with Crippen molar-refractivity contribution in [3.63, 3.8) is 0 Å². The molecule has 0 bridgehead atoms. The number of piperazine rings is 1. The van der Waals surface area contributed by atoms with Crippen LogP contribution < -0.4 is 9.64 Å². The van der Waals surface area contributed by atoms with E-state index in [1.54, 1.807) is 14.0 Å². The van der Waals surface area contributed by atoms with Crippen molar-refractivity contribution in [1.82, 2.24) is 14.9 Å². The van der Waals surface area contributed by atoms with Gasteiger partial charge in [0.1, 0.15) is 17.9 Å². The summed E-state index contributed by atoms with van der Waals surface area (Å²) in [5.74, 6) is -0.723. The van der Waals surface area contributed by atoms with E-state index in [-0.39, 0.29) is 25.1 Å². The molecule has 256 valence electrons. The smallest absolute Gasteiger partial charge is 0.265 e. The summed E-state index contributed by atoms with van der Waals surface area (Å²) in [5.41, 5.74) is 4.93. The molecule has 48 heavy (non-hydrogen) atoms. The zero-order valence-corrected chi connectivity index (χ0v) is 28.5. The van der Waals surface area contributed by atoms with E-state index in [2.05, 4.69) is 35.8 Å². The highest BCUT2D eigenvalue weighted by Gasteiger charge is 2.49. The van der Waals surface area contributed by atoms with E-state index in [4.69, 9.17) is 9.57 Å². The normalized spacial score (nSPS) is 22.4. The number of hydroxylamine groups is 2. The van der Waals surface area contributed by atoms with E-state index in [1.807, 2.05) is 78.5 Å². The van der Waals surface area contributed by atoms with Crippen LogP contribution >= 0.6 is 0 Å². The molecule has 2 fully saturated rings. The minimum atomic E-state index is -0.943. The molecule has 3 aromatic carbocycles. The van der Waals surface area contributed by atoms with Gasteiger partial charge in [0, 0.05) is 68.1 Å². The van der Waals surface area contributed by atoms with Crippen molar-refractivity contribution in [3.05, 3.63) is 83.4 Å². The zero-order valence-electron chi connectivity index (χ0n) is 28.5. The maximum Gasteiger partial charge on any atom is 0.265 e. The van der Waals surface area contributed by atoms with E-state index < -0.39 is 30.1 Å². The molecule has 0 aliphatic carbocycles. The van der Waals surface area contributed by atoms with Crippen molar-refractivity contribution in [3.8, 4) is 16.9 Å². The second-order valence-corrected chi connectivity index (χ2v) is 12.9. The minimum Gasteiger partial charge on any atom is -0.496 e. The number of hydrogen-bond donors (Lipinski definition) is 2. The summed E-state index contributed by atoms with van der Waals surface area (Å²) in [4.78, 5) is 43.1. The standard InChI is InChI=1S/C37H47N5O6/c1-24(44)33-32(23-43)48-42(34(33)36(45)38-2)21-26-13-10-14-31(35(26)47-6)27-18-28(20-29(19-27)39(3)4)37(46)41-16-15-40(5)22-30(41)17-25-11-8-7-9-12-25/h7-14,18-20,24,30,32-34,43-44H,2,15-17,21-23H2,1,3-6H3/t24-,30?,32-,33?,34-/m0/s1. The molecule has 5 rings (SSSR count). The molecule has 2 N–H and O–H groups in total. The predicted octanol–water partition coefficient (Wildman–Crippen LogP) is 3.13. The van der Waals surface area contributed by atoms with Gasteiger partial charge in [-0.2, -0.15) is 5.06 Å². The van der Waals surface area contributed by atoms with Gasteiger partial charge in [-0.3, -0.25) is 14.4 Å². The lowest BCUT2D eigenvalue weighted by Crippen LogP contribution is -2.54. The van der Waals surface area contributed by atoms with E-state index in [0.29, 0.717) is 23.4 Å². The van der Waals surface area contributed by atoms with E-state index in [0.717, 1.165) is 36.3 Å². The molecule has 3 aromatic rings. The Bertz CT molecular complexity index is 1600. The Kier molecular flexibility index (Phi) is 11.3. The van der Waals surface area contributed by atoms with Crippen LogP contribution in [0.4, 0.5) is 5.69 Å². The van der Waals surface area contributed by atoms with E-state index >= 15 is 0 Å². The SMILES string of the molecule is C=NC(=O)[C@@H]1C([C@H](C)O)[C@H](CO)ON1Cc1cccc(-c2cc(C(=O)N3CCN(C)CC3Cc3ccccc3)cc(N(C)C)c2)c1OC. The molecular formula is C37H47N5O6. The quantitative estimate of drug-likeness (QED) is 0.300. The number of likely N-dealkylation sites (N-methyl/N-ethyl adjacent to an activating group) is 1. The number of anilines is 1. The van der Waals surface area contributed by atoms with Crippen LogP contribution in [-0.2, 0) is 22.6 Å². The fourth-order valence-electron chi connectivity index (χ4n) is 6.95. The molecule has 2 heterocycles. The fraction of sp³-hybridized carbons (Fsp3) is 0.432. The summed E-state index contributed by atoms with van der Waals surface area (Å²) in [6.45, 7) is 6.91. The molecule has 0 spiro atoms. The number of aliphatic hydroxyl groups is 2. The van der Waals surface area contributed by atoms with Gasteiger partial charge >= 0.3 is 0 Å². The van der Waals surface area contributed by atoms with E-state index in [9.17, 15) is 19.8 Å². The number of carbonyl (C=O) groups is 2. The predicted molar refractivity (Wildman–Crippen MR) is 186 cm³/mol. The largest absolute Gasteiger partial charge is 0.496 e. The molecular weight excluding hydrogens is 610 g/mol. The zero-order chi connectivity index (χ0) is 34.5. The van der Waals surface area contributed by atoms with Crippen LogP contribution in [0.5, 0.6) is 5.75 Å². The van der Waals surface area contributed by atoms with Gasteiger partial charge in [0.25, 0.3) is 11.8 Å². The Labute approximate surface area is 282 Å². The van der Waals surface area contributed by atoms with Crippen LogP contribution in [0.3, 0.4) is 0 Å². The lowest BCUT2D eigenvalue weighted by Gasteiger charge is -2.40. The van der Waals surface area contributed by atoms with Crippen LogP contribution in [0, 0.1) is 5.92 Å². The van der Waals surface area contributed by atoms with Gasteiger partial charge < -0.3 is 29.6 Å². The first-order valence-corrected chi connectivity index (χ1v) is 16.3. The Hall–Kier alpha value is -4.13. The molecule has 2 saturated heterocycles. The average molecular weight is 658 g/mol. The second kappa shape index (κ2) is 15.4. The van der Waals surface area contributed by atoms with Crippen molar-refractivity contribution in [2.24, 2.45) is 10.9 Å². The molecule has 2 amide bonds. The number of rotatable bonds is 11. The number of hydrogen-bond acceptors (Lipinski definition) is 9. The van der Waals surface area contributed by atoms with Crippen LogP contribution in [0.25, 0.3) is 11.1 Å². The van der Waals surface area contributed by atoms with Gasteiger partial charge in [0.05, 0.1) is 26.4 Å². The number of aliphatic imine (C=N–C) groups is 1. The summed E-state index contributed by atoms with van der Waals surface area (Å²) in [5, 5.41) is 21.9. The summed E-state index contributed by atoms with van der Waals surface area (Å²) in [6.07, 6.45) is -0.960. The van der Waals surface area contributed by atoms with Crippen molar-refractivity contribution in [2.75, 3.05) is 59.4 Å². The van der Waals surface area contributed by atoms with Gasteiger partial charge in [-0.15, -0.1) is 0 Å². The molecule has 2 aliphatic heterocycles. The molecule has 5 atom stereocenters. The molecule has 0 aromatic heterocycles. The first-order chi connectivity index (χ1) is 23.1. The first-order valence-electron chi connectivity index (χ1n) is 16.3. The topological polar surface area (TPSA) is 118 Å². The summed E-state index contributed by atoms with van der Waals surface area (Å²) in [6, 6.07) is 20.9. The molecule has 2 aliphatic rings. The molecule has 0 saturated carbocycles. The second-order valence-electron chi connectivity index (χ2n) is 12.9. The highest BCUT2D eigenvalue weighted by molar-refractivity contribution is 5.97. The number of ether oxygens (including phenoxy) is 1. The average Bonchev–Trinajstić information content (AvgIpc) is 3.46. The Morgan fingerprint density at radius 1 is 1.10 bits per heavy atom. The van der Waals surface area contributed by atoms with Gasteiger partial charge in [0.2, 0.25) is 0 Å². The van der Waals surface area contributed by atoms with Crippen molar-refractivity contribution >= 4 is 24.2 Å². The molecule has 11 heteroatoms. The van der Waals surface area contributed by atoms with E-state index in [1.165, 1.54) is 10.6 Å². The number of benzene rings is 3. The number of carbonyl (C=O) groups excluding carboxylic acids is 2. The number of para-hydroxylation sites is 1. The minimum absolute atomic E-state index is 0.0212. The summed E-state index contributed by atoms with van der Waals surface area (Å²) < 4.78 is 5.99. The van der Waals surface area contributed by atoms with Gasteiger partial charge in [-0.1, -0.05) is 48.5 Å². The molecule has 0 radical (unpaired) electrons. The van der Waals surface area contributed by atoms with Crippen molar-refractivity contribution in [2.45, 2.75) is 44.2 Å². The van der Waals surface area contributed by atoms with Crippen LogP contribution in [0.15, 0.2) is 71.7 Å². The Balaban J connectivity index is 1.50. The highest BCUT2D eigenvalue weighted by Crippen LogP contribution is 2.39. The molecule has 2 unspecified atom stereocenters. The third kappa shape index (κ3) is 7.45. The molecule has 11 nitrogen and oxygen atoms in total. The van der Waals surface area contributed by atoms with Crippen molar-refractivity contribution < 1.29 is 29.4 Å². The third-order valence-electron chi connectivity index (χ3n) is 9.40. The van der Waals surface area contributed by atoms with Gasteiger partial charge in [-0.25, -0.2) is 4.99 Å². The van der Waals surface area contributed by atoms with Crippen LogP contribution in [-0.4, -0.2) is 122 Å². The highest BCUT2D eigenvalue weighted by atomic mass is 16.7. The maximum atomic E-state index is 14.3. The van der Waals surface area contributed by atoms with Crippen LogP contribution in [0.1, 0.15) is 28.4 Å². The maximum absolute atomic E-state index is 14.3. The third-order valence-corrected chi connectivity index (χ3v) is 9.40. The number of amides is 2. The monoisotopic (exact) mass is 657 g/mol. The Morgan fingerprint density at radius 2 is 1.85 bits per heavy atom. The lowest BCUT2D eigenvalue weighted by atomic mass is 9.89. The fourth-order valence-corrected chi connectivity index (χ4v) is 6.95. The Morgan fingerprint density at radius 3 is 2.50 bits per heavy atom. The van der Waals surface area contributed by atoms with Crippen LogP contribution in [0.2, 0.25) is 0 Å². The first kappa shape index (κ1) is 35.2. The summed E-state index contributed by atoms with van der Waals surface area (Å²) >= 11 is 0. The summed E-state index contributed by atoms with van der Waals surface area (Å²) in [7, 11) is 7.57. The number of nitrogens with zero attached hydrogens (tertiary/aromatic N) is 5. The van der Waals surface area contributed by atoms with Gasteiger partial charge in [0.15, 0.2) is 0 Å². The van der Waals surface area contributed by atoms with Gasteiger partial charge in [-0.05, 0) is 56.4 Å². The lowest BCUT2D eigenvalue weighted by molar-refractivity contribution is -0.180. The number of methoxy groups -OCH3 is 1. The number of aliphatic hydroxyl groups excluding tert-OH is 2.